The van der Waals surface area contributed by atoms with Crippen LogP contribution in [-0.2, 0) is 4.79 Å². The highest BCUT2D eigenvalue weighted by atomic mass is 35.5. The lowest BCUT2D eigenvalue weighted by Gasteiger charge is -2.17. The number of aliphatic carboxylic acids is 1. The first-order chi connectivity index (χ1) is 14.8. The van der Waals surface area contributed by atoms with Crippen LogP contribution in [0.5, 0.6) is 0 Å². The number of para-hydroxylation sites is 1. The van der Waals surface area contributed by atoms with Crippen LogP contribution in [0.15, 0.2) is 59.5 Å². The maximum atomic E-state index is 12.2. The van der Waals surface area contributed by atoms with Crippen molar-refractivity contribution in [1.29, 1.82) is 0 Å². The van der Waals surface area contributed by atoms with Crippen LogP contribution in [0.2, 0.25) is 10.0 Å². The summed E-state index contributed by atoms with van der Waals surface area (Å²) in [6.45, 7) is 0. The second-order valence-electron chi connectivity index (χ2n) is 6.11. The summed E-state index contributed by atoms with van der Waals surface area (Å²) in [6.07, 6.45) is -0.302. The SMILES string of the molecule is O=C(Nc1cnc(Nc2ccc(Cl)c(Cl)c2)[nH]c1=O)N[C@H](Nc1ccccc1)C(=O)O. The van der Waals surface area contributed by atoms with Gasteiger partial charge in [-0.1, -0.05) is 41.4 Å². The number of carbonyl (C=O) groups excluding carboxylic acids is 1. The number of carboxylic acids is 1. The zero-order valence-electron chi connectivity index (χ0n) is 15.6. The monoisotopic (exact) mass is 462 g/mol. The second-order valence-corrected chi connectivity index (χ2v) is 6.92. The van der Waals surface area contributed by atoms with Gasteiger partial charge in [0, 0.05) is 11.4 Å². The van der Waals surface area contributed by atoms with Crippen LogP contribution in [0.1, 0.15) is 0 Å². The fourth-order valence-electron chi connectivity index (χ4n) is 2.41. The number of benzene rings is 2. The Balaban J connectivity index is 1.64. The molecule has 0 spiro atoms. The average Bonchev–Trinajstić information content (AvgIpc) is 2.73. The van der Waals surface area contributed by atoms with Crippen LogP contribution in [0, 0.1) is 0 Å². The molecular weight excluding hydrogens is 447 g/mol. The van der Waals surface area contributed by atoms with E-state index in [9.17, 15) is 19.5 Å². The van der Waals surface area contributed by atoms with Gasteiger partial charge in [-0.15, -0.1) is 0 Å². The number of aromatic amines is 1. The highest BCUT2D eigenvalue weighted by Gasteiger charge is 2.20. The number of nitrogens with zero attached hydrogens (tertiary/aromatic N) is 1. The molecule has 0 aliphatic carbocycles. The number of carbonyl (C=O) groups is 2. The molecule has 0 fully saturated rings. The number of aromatic nitrogens is 2. The van der Waals surface area contributed by atoms with Gasteiger partial charge in [0.1, 0.15) is 5.69 Å². The minimum Gasteiger partial charge on any atom is -0.478 e. The fourth-order valence-corrected chi connectivity index (χ4v) is 2.71. The van der Waals surface area contributed by atoms with E-state index in [1.165, 1.54) is 0 Å². The zero-order valence-corrected chi connectivity index (χ0v) is 17.2. The van der Waals surface area contributed by atoms with Crippen molar-refractivity contribution in [3.8, 4) is 0 Å². The van der Waals surface area contributed by atoms with Crippen LogP contribution in [0.4, 0.5) is 27.8 Å². The smallest absolute Gasteiger partial charge is 0.347 e. The Hall–Kier alpha value is -3.76. The van der Waals surface area contributed by atoms with E-state index in [2.05, 4.69) is 31.2 Å². The molecule has 0 aliphatic heterocycles. The van der Waals surface area contributed by atoms with Gasteiger partial charge in [0.25, 0.3) is 5.56 Å². The Kier molecular flexibility index (Phi) is 6.96. The topological polar surface area (TPSA) is 148 Å². The summed E-state index contributed by atoms with van der Waals surface area (Å²) in [4.78, 5) is 42.3. The first kappa shape index (κ1) is 21.9. The predicted molar refractivity (Wildman–Crippen MR) is 118 cm³/mol. The van der Waals surface area contributed by atoms with E-state index >= 15 is 0 Å². The van der Waals surface area contributed by atoms with E-state index in [1.807, 2.05) is 0 Å². The number of amides is 2. The number of hydrogen-bond acceptors (Lipinski definition) is 6. The number of rotatable bonds is 7. The third-order valence-corrected chi connectivity index (χ3v) is 4.58. The summed E-state index contributed by atoms with van der Waals surface area (Å²) < 4.78 is 0. The lowest BCUT2D eigenvalue weighted by Crippen LogP contribution is -2.48. The molecule has 160 valence electrons. The molecule has 3 rings (SSSR count). The van der Waals surface area contributed by atoms with Crippen molar-refractivity contribution in [2.24, 2.45) is 0 Å². The lowest BCUT2D eigenvalue weighted by atomic mass is 10.3. The van der Waals surface area contributed by atoms with Crippen molar-refractivity contribution in [3.63, 3.8) is 0 Å². The van der Waals surface area contributed by atoms with Gasteiger partial charge in [0.05, 0.1) is 16.2 Å². The quantitative estimate of drug-likeness (QED) is 0.294. The number of anilines is 4. The van der Waals surface area contributed by atoms with Gasteiger partial charge in [-0.2, -0.15) is 0 Å². The van der Waals surface area contributed by atoms with Crippen molar-refractivity contribution in [2.45, 2.75) is 6.17 Å². The van der Waals surface area contributed by atoms with Crippen LogP contribution in [0.3, 0.4) is 0 Å². The molecule has 0 bridgehead atoms. The third kappa shape index (κ3) is 6.11. The number of nitrogens with one attached hydrogen (secondary N) is 5. The largest absolute Gasteiger partial charge is 0.478 e. The summed E-state index contributed by atoms with van der Waals surface area (Å²) >= 11 is 11.8. The summed E-state index contributed by atoms with van der Waals surface area (Å²) in [5.41, 5.74) is 0.191. The number of urea groups is 1. The number of hydrogen-bond donors (Lipinski definition) is 6. The molecule has 0 saturated heterocycles. The van der Waals surface area contributed by atoms with E-state index in [4.69, 9.17) is 23.2 Å². The van der Waals surface area contributed by atoms with Crippen molar-refractivity contribution in [3.05, 3.63) is 75.1 Å². The van der Waals surface area contributed by atoms with E-state index in [0.29, 0.717) is 21.4 Å². The van der Waals surface area contributed by atoms with Gasteiger partial charge >= 0.3 is 12.0 Å². The standard InChI is InChI=1S/C19H16Cl2N6O4/c20-12-7-6-11(8-13(12)21)24-18-22-9-14(16(28)27-18)25-19(31)26-15(17(29)30)23-10-4-2-1-3-5-10/h1-9,15,23H,(H,29,30)(H2,25,26,31)(H2,22,24,27,28)/t15-/m0/s1. The molecule has 2 aromatic carbocycles. The van der Waals surface area contributed by atoms with Crippen LogP contribution in [-0.4, -0.2) is 33.2 Å². The fraction of sp³-hybridized carbons (Fsp3) is 0.0526. The number of carboxylic acid groups (broad SMARTS) is 1. The molecule has 0 unspecified atom stereocenters. The Morgan fingerprint density at radius 3 is 2.42 bits per heavy atom. The van der Waals surface area contributed by atoms with Crippen molar-refractivity contribution < 1.29 is 14.7 Å². The molecule has 1 heterocycles. The molecule has 3 aromatic rings. The summed E-state index contributed by atoms with van der Waals surface area (Å²) in [5.74, 6) is -1.21. The maximum absolute atomic E-state index is 12.2. The van der Waals surface area contributed by atoms with Crippen LogP contribution >= 0.6 is 23.2 Å². The van der Waals surface area contributed by atoms with E-state index in [0.717, 1.165) is 6.20 Å². The molecular formula is C19H16Cl2N6O4. The van der Waals surface area contributed by atoms with Crippen LogP contribution < -0.4 is 26.8 Å². The van der Waals surface area contributed by atoms with E-state index < -0.39 is 23.7 Å². The van der Waals surface area contributed by atoms with E-state index in [1.54, 1.807) is 48.5 Å². The highest BCUT2D eigenvalue weighted by Crippen LogP contribution is 2.26. The van der Waals surface area contributed by atoms with Gasteiger partial charge in [-0.05, 0) is 30.3 Å². The van der Waals surface area contributed by atoms with Crippen molar-refractivity contribution >= 4 is 58.2 Å². The molecule has 2 amide bonds. The van der Waals surface area contributed by atoms with Gasteiger partial charge in [-0.3, -0.25) is 9.78 Å². The third-order valence-electron chi connectivity index (χ3n) is 3.84. The average molecular weight is 463 g/mol. The molecule has 6 N–H and O–H groups in total. The normalized spacial score (nSPS) is 11.3. The van der Waals surface area contributed by atoms with Gasteiger partial charge in [0.15, 0.2) is 0 Å². The predicted octanol–water partition coefficient (Wildman–Crippen LogP) is 3.46. The molecule has 0 saturated carbocycles. The van der Waals surface area contributed by atoms with E-state index in [-0.39, 0.29) is 11.6 Å². The Morgan fingerprint density at radius 2 is 1.77 bits per heavy atom. The zero-order chi connectivity index (χ0) is 22.4. The summed E-state index contributed by atoms with van der Waals surface area (Å²) in [6, 6.07) is 12.3. The highest BCUT2D eigenvalue weighted by molar-refractivity contribution is 6.42. The van der Waals surface area contributed by atoms with Crippen molar-refractivity contribution in [1.82, 2.24) is 15.3 Å². The second kappa shape index (κ2) is 9.83. The molecule has 12 heteroatoms. The first-order valence-electron chi connectivity index (χ1n) is 8.75. The summed E-state index contributed by atoms with van der Waals surface area (Å²) in [7, 11) is 0. The minimum absolute atomic E-state index is 0.100. The Bertz CT molecular complexity index is 1160. The molecule has 10 nitrogen and oxygen atoms in total. The van der Waals surface area contributed by atoms with Crippen LogP contribution in [0.25, 0.3) is 0 Å². The lowest BCUT2D eigenvalue weighted by molar-refractivity contribution is -0.138. The summed E-state index contributed by atoms with van der Waals surface area (Å²) in [5, 5.41) is 20.0. The minimum atomic E-state index is -1.43. The molecule has 1 aromatic heterocycles. The van der Waals surface area contributed by atoms with Gasteiger partial charge in [-0.25, -0.2) is 14.6 Å². The number of halogens is 2. The van der Waals surface area contributed by atoms with Gasteiger partial charge in [0.2, 0.25) is 12.1 Å². The Labute approximate surface area is 185 Å². The Morgan fingerprint density at radius 1 is 1.03 bits per heavy atom. The molecule has 0 aliphatic rings. The molecule has 31 heavy (non-hydrogen) atoms. The van der Waals surface area contributed by atoms with Gasteiger partial charge < -0.3 is 26.4 Å². The number of H-pyrrole nitrogens is 1. The molecule has 1 atom stereocenters. The molecule has 0 radical (unpaired) electrons. The maximum Gasteiger partial charge on any atom is 0.347 e. The first-order valence-corrected chi connectivity index (χ1v) is 9.51. The van der Waals surface area contributed by atoms with Crippen molar-refractivity contribution in [2.75, 3.05) is 16.0 Å².